The molecular weight excluding hydrogens is 342 g/mol. The molecule has 1 heterocycles. The van der Waals surface area contributed by atoms with Gasteiger partial charge in [-0.2, -0.15) is 4.98 Å². The highest BCUT2D eigenvalue weighted by atomic mass is 16.6. The average Bonchev–Trinajstić information content (AvgIpc) is 2.62. The van der Waals surface area contributed by atoms with Crippen LogP contribution in [0.5, 0.6) is 0 Å². The molecule has 0 aliphatic heterocycles. The Labute approximate surface area is 158 Å². The van der Waals surface area contributed by atoms with E-state index in [4.69, 9.17) is 4.74 Å². The van der Waals surface area contributed by atoms with Crippen molar-refractivity contribution < 1.29 is 9.53 Å². The molecule has 138 valence electrons. The minimum absolute atomic E-state index is 0.170. The molecule has 1 amide bonds. The molecule has 7 nitrogen and oxygen atoms in total. The van der Waals surface area contributed by atoms with E-state index in [2.05, 4.69) is 20.3 Å². The van der Waals surface area contributed by atoms with Crippen LogP contribution in [0.4, 0.5) is 28.1 Å². The molecule has 0 saturated carbocycles. The molecule has 27 heavy (non-hydrogen) atoms. The van der Waals surface area contributed by atoms with Crippen molar-refractivity contribution in [2.75, 3.05) is 10.2 Å². The normalized spacial score (nSPS) is 10.9. The predicted molar refractivity (Wildman–Crippen MR) is 104 cm³/mol. The Morgan fingerprint density at radius 2 is 1.59 bits per heavy atom. The monoisotopic (exact) mass is 363 g/mol. The summed E-state index contributed by atoms with van der Waals surface area (Å²) in [5.41, 5.74) is 0.782. The molecule has 0 spiro atoms. The van der Waals surface area contributed by atoms with Gasteiger partial charge in [-0.05, 0) is 45.0 Å². The zero-order valence-electron chi connectivity index (χ0n) is 15.5. The lowest BCUT2D eigenvalue weighted by atomic mass is 10.2. The van der Waals surface area contributed by atoms with E-state index in [-0.39, 0.29) is 5.95 Å². The van der Waals surface area contributed by atoms with Gasteiger partial charge >= 0.3 is 6.09 Å². The second kappa shape index (κ2) is 7.82. The summed E-state index contributed by atoms with van der Waals surface area (Å²) in [6.45, 7) is 5.43. The van der Waals surface area contributed by atoms with Crippen molar-refractivity contribution >= 4 is 29.4 Å². The van der Waals surface area contributed by atoms with E-state index in [0.29, 0.717) is 11.6 Å². The summed E-state index contributed by atoms with van der Waals surface area (Å²) in [5.74, 6) is 0.500. The van der Waals surface area contributed by atoms with Crippen molar-refractivity contribution in [2.45, 2.75) is 26.4 Å². The van der Waals surface area contributed by atoms with Crippen molar-refractivity contribution in [2.24, 2.45) is 0 Å². The first kappa shape index (κ1) is 18.3. The SMILES string of the molecule is CC(C)(C)OC(=O)N(c1ccccc1)c1ncnc(Nc2ccccc2)n1. The van der Waals surface area contributed by atoms with Gasteiger partial charge in [-0.1, -0.05) is 36.4 Å². The molecule has 7 heteroatoms. The van der Waals surface area contributed by atoms with Crippen LogP contribution in [0.3, 0.4) is 0 Å². The van der Waals surface area contributed by atoms with Gasteiger partial charge in [0.1, 0.15) is 11.9 Å². The number of hydrogen-bond donors (Lipinski definition) is 1. The standard InChI is InChI=1S/C20H21N5O2/c1-20(2,3)27-19(26)25(16-12-8-5-9-13-16)18-22-14-21-17(24-18)23-15-10-6-4-7-11-15/h4-14H,1-3H3,(H,21,22,23,24). The summed E-state index contributed by atoms with van der Waals surface area (Å²) in [6, 6.07) is 18.6. The van der Waals surface area contributed by atoms with E-state index in [1.165, 1.54) is 11.2 Å². The molecule has 2 aromatic carbocycles. The molecule has 3 aromatic rings. The fourth-order valence-electron chi connectivity index (χ4n) is 2.29. The summed E-state index contributed by atoms with van der Waals surface area (Å²) >= 11 is 0. The van der Waals surface area contributed by atoms with Crippen LogP contribution >= 0.6 is 0 Å². The summed E-state index contributed by atoms with van der Waals surface area (Å²) in [6.07, 6.45) is 0.791. The van der Waals surface area contributed by atoms with Crippen LogP contribution in [0.1, 0.15) is 20.8 Å². The Kier molecular flexibility index (Phi) is 5.30. The number of nitrogens with one attached hydrogen (secondary N) is 1. The van der Waals surface area contributed by atoms with Gasteiger partial charge in [0.15, 0.2) is 0 Å². The molecule has 0 fully saturated rings. The number of rotatable bonds is 4. The van der Waals surface area contributed by atoms with Gasteiger partial charge in [0.05, 0.1) is 5.69 Å². The first-order valence-corrected chi connectivity index (χ1v) is 8.52. The zero-order valence-corrected chi connectivity index (χ0v) is 15.5. The van der Waals surface area contributed by atoms with Crippen molar-refractivity contribution in [3.8, 4) is 0 Å². The highest BCUT2D eigenvalue weighted by Gasteiger charge is 2.27. The quantitative estimate of drug-likeness (QED) is 0.724. The number of benzene rings is 2. The van der Waals surface area contributed by atoms with Crippen LogP contribution in [0, 0.1) is 0 Å². The Hall–Kier alpha value is -3.48. The number of para-hydroxylation sites is 2. The number of hydrogen-bond acceptors (Lipinski definition) is 6. The van der Waals surface area contributed by atoms with Crippen LogP contribution in [0.25, 0.3) is 0 Å². The van der Waals surface area contributed by atoms with Gasteiger partial charge in [-0.3, -0.25) is 0 Å². The minimum Gasteiger partial charge on any atom is -0.443 e. The molecular formula is C20H21N5O2. The fourth-order valence-corrected chi connectivity index (χ4v) is 2.29. The van der Waals surface area contributed by atoms with Crippen LogP contribution in [-0.2, 0) is 4.74 Å². The molecule has 0 unspecified atom stereocenters. The minimum atomic E-state index is -0.651. The van der Waals surface area contributed by atoms with Crippen LogP contribution in [-0.4, -0.2) is 26.6 Å². The second-order valence-corrected chi connectivity index (χ2v) is 6.75. The molecule has 0 bridgehead atoms. The van der Waals surface area contributed by atoms with Crippen LogP contribution in [0.2, 0.25) is 0 Å². The first-order chi connectivity index (χ1) is 12.9. The van der Waals surface area contributed by atoms with Gasteiger partial charge in [0.2, 0.25) is 11.9 Å². The topological polar surface area (TPSA) is 80.2 Å². The van der Waals surface area contributed by atoms with Gasteiger partial charge in [0.25, 0.3) is 0 Å². The lowest BCUT2D eigenvalue weighted by Crippen LogP contribution is -2.34. The number of nitrogens with zero attached hydrogens (tertiary/aromatic N) is 4. The van der Waals surface area contributed by atoms with E-state index in [1.54, 1.807) is 12.1 Å². The summed E-state index contributed by atoms with van der Waals surface area (Å²) in [5, 5.41) is 3.10. The third kappa shape index (κ3) is 5.01. The Morgan fingerprint density at radius 3 is 2.22 bits per heavy atom. The fraction of sp³-hybridized carbons (Fsp3) is 0.200. The molecule has 3 rings (SSSR count). The lowest BCUT2D eigenvalue weighted by Gasteiger charge is -2.26. The zero-order chi connectivity index (χ0) is 19.3. The molecule has 0 aliphatic rings. The third-order valence-electron chi connectivity index (χ3n) is 3.38. The van der Waals surface area contributed by atoms with Crippen molar-refractivity contribution in [3.63, 3.8) is 0 Å². The number of carbonyl (C=O) groups is 1. The van der Waals surface area contributed by atoms with Gasteiger partial charge in [-0.15, -0.1) is 0 Å². The highest BCUT2D eigenvalue weighted by Crippen LogP contribution is 2.25. The summed E-state index contributed by atoms with van der Waals surface area (Å²) < 4.78 is 5.53. The van der Waals surface area contributed by atoms with E-state index in [1.807, 2.05) is 69.3 Å². The van der Waals surface area contributed by atoms with Crippen molar-refractivity contribution in [3.05, 3.63) is 67.0 Å². The maximum Gasteiger partial charge on any atom is 0.421 e. The van der Waals surface area contributed by atoms with E-state index < -0.39 is 11.7 Å². The predicted octanol–water partition coefficient (Wildman–Crippen LogP) is 4.69. The molecule has 1 N–H and O–H groups in total. The van der Waals surface area contributed by atoms with Gasteiger partial charge in [-0.25, -0.2) is 19.7 Å². The molecule has 0 saturated heterocycles. The Bertz CT molecular complexity index is 895. The maximum absolute atomic E-state index is 12.8. The van der Waals surface area contributed by atoms with E-state index in [0.717, 1.165) is 5.69 Å². The third-order valence-corrected chi connectivity index (χ3v) is 3.38. The number of amides is 1. The molecule has 0 aliphatic carbocycles. The van der Waals surface area contributed by atoms with Crippen molar-refractivity contribution in [1.82, 2.24) is 15.0 Å². The molecule has 0 radical (unpaired) electrons. The number of ether oxygens (including phenoxy) is 1. The molecule has 0 atom stereocenters. The number of carbonyl (C=O) groups excluding carboxylic acids is 1. The van der Waals surface area contributed by atoms with Gasteiger partial charge < -0.3 is 10.1 Å². The van der Waals surface area contributed by atoms with Crippen molar-refractivity contribution in [1.29, 1.82) is 0 Å². The Balaban J connectivity index is 1.95. The largest absolute Gasteiger partial charge is 0.443 e. The second-order valence-electron chi connectivity index (χ2n) is 6.75. The van der Waals surface area contributed by atoms with E-state index >= 15 is 0 Å². The van der Waals surface area contributed by atoms with Gasteiger partial charge in [0, 0.05) is 5.69 Å². The lowest BCUT2D eigenvalue weighted by molar-refractivity contribution is 0.0597. The summed E-state index contributed by atoms with van der Waals surface area (Å²) in [4.78, 5) is 26.8. The van der Waals surface area contributed by atoms with Crippen LogP contribution in [0.15, 0.2) is 67.0 Å². The number of anilines is 4. The maximum atomic E-state index is 12.8. The summed E-state index contributed by atoms with van der Waals surface area (Å²) in [7, 11) is 0. The number of aromatic nitrogens is 3. The average molecular weight is 363 g/mol. The smallest absolute Gasteiger partial charge is 0.421 e. The van der Waals surface area contributed by atoms with Crippen LogP contribution < -0.4 is 10.2 Å². The first-order valence-electron chi connectivity index (χ1n) is 8.52. The molecule has 1 aromatic heterocycles. The van der Waals surface area contributed by atoms with E-state index in [9.17, 15) is 4.79 Å². The highest BCUT2D eigenvalue weighted by molar-refractivity contribution is 5.94. The Morgan fingerprint density at radius 1 is 0.963 bits per heavy atom.